The Morgan fingerprint density at radius 1 is 1.18 bits per heavy atom. The summed E-state index contributed by atoms with van der Waals surface area (Å²) in [6, 6.07) is 12.2. The number of allylic oxidation sites excluding steroid dienone is 1. The van der Waals surface area contributed by atoms with Crippen molar-refractivity contribution in [1.82, 2.24) is 20.1 Å². The van der Waals surface area contributed by atoms with Crippen LogP contribution in [0, 0.1) is 13.8 Å². The molecule has 0 aliphatic rings. The first-order valence-electron chi connectivity index (χ1n) is 10.4. The fourth-order valence-corrected chi connectivity index (χ4v) is 4.32. The molecule has 2 amide bonds. The van der Waals surface area contributed by atoms with Gasteiger partial charge in [-0.3, -0.25) is 9.59 Å². The molecule has 2 N–H and O–H groups in total. The molecule has 3 aromatic rings. The van der Waals surface area contributed by atoms with Gasteiger partial charge in [0.15, 0.2) is 11.0 Å². The number of nitrogens with one attached hydrogen (secondary N) is 2. The Bertz CT molecular complexity index is 1160. The minimum Gasteiger partial charge on any atom is -0.342 e. The zero-order valence-electron chi connectivity index (χ0n) is 18.8. The molecule has 0 aliphatic heterocycles. The van der Waals surface area contributed by atoms with Crippen LogP contribution in [0.15, 0.2) is 60.3 Å². The van der Waals surface area contributed by atoms with Crippen molar-refractivity contribution in [2.45, 2.75) is 38.5 Å². The summed E-state index contributed by atoms with van der Waals surface area (Å²) in [4.78, 5) is 25.1. The lowest BCUT2D eigenvalue weighted by Crippen LogP contribution is -2.28. The second kappa shape index (κ2) is 11.2. The number of hydrogen-bond donors (Lipinski definition) is 2. The highest BCUT2D eigenvalue weighted by molar-refractivity contribution is 7.99. The summed E-state index contributed by atoms with van der Waals surface area (Å²) < 4.78 is 1.84. The van der Waals surface area contributed by atoms with E-state index in [1.54, 1.807) is 30.3 Å². The lowest BCUT2D eigenvalue weighted by molar-refractivity contribution is -0.113. The van der Waals surface area contributed by atoms with Gasteiger partial charge >= 0.3 is 0 Å². The van der Waals surface area contributed by atoms with Crippen LogP contribution in [-0.4, -0.2) is 32.3 Å². The number of aryl methyl sites for hydroxylation is 2. The molecular weight excluding hydrogens is 458 g/mol. The third-order valence-electron chi connectivity index (χ3n) is 4.72. The van der Waals surface area contributed by atoms with Gasteiger partial charge in [0, 0.05) is 22.8 Å². The van der Waals surface area contributed by atoms with E-state index < -0.39 is 6.04 Å². The molecule has 0 bridgehead atoms. The largest absolute Gasteiger partial charge is 0.342 e. The number of rotatable bonds is 9. The topological polar surface area (TPSA) is 88.9 Å². The Labute approximate surface area is 202 Å². The molecule has 0 fully saturated rings. The molecule has 0 radical (unpaired) electrons. The van der Waals surface area contributed by atoms with Crippen LogP contribution in [0.4, 0.5) is 5.69 Å². The van der Waals surface area contributed by atoms with E-state index in [4.69, 9.17) is 11.6 Å². The summed E-state index contributed by atoms with van der Waals surface area (Å²) in [5.41, 5.74) is 3.40. The Balaban J connectivity index is 1.67. The van der Waals surface area contributed by atoms with Gasteiger partial charge in [0.1, 0.15) is 0 Å². The van der Waals surface area contributed by atoms with Crippen LogP contribution in [0.5, 0.6) is 0 Å². The number of halogens is 1. The number of hydrogen-bond acceptors (Lipinski definition) is 5. The van der Waals surface area contributed by atoms with Crippen molar-refractivity contribution < 1.29 is 9.59 Å². The van der Waals surface area contributed by atoms with Gasteiger partial charge in [0.25, 0.3) is 5.91 Å². The molecule has 7 nitrogen and oxygen atoms in total. The van der Waals surface area contributed by atoms with Gasteiger partial charge in [-0.25, -0.2) is 0 Å². The molecule has 0 spiro atoms. The molecule has 1 atom stereocenters. The Kier molecular flexibility index (Phi) is 8.30. The average molecular weight is 484 g/mol. The van der Waals surface area contributed by atoms with E-state index >= 15 is 0 Å². The van der Waals surface area contributed by atoms with Crippen LogP contribution in [0.3, 0.4) is 0 Å². The molecular formula is C24H26ClN5O2S. The number of aromatic nitrogens is 3. The Hall–Kier alpha value is -3.10. The van der Waals surface area contributed by atoms with Crippen LogP contribution in [0.25, 0.3) is 0 Å². The first-order valence-corrected chi connectivity index (χ1v) is 11.7. The van der Waals surface area contributed by atoms with Gasteiger partial charge in [-0.15, -0.1) is 16.8 Å². The first kappa shape index (κ1) is 24.5. The smallest absolute Gasteiger partial charge is 0.251 e. The summed E-state index contributed by atoms with van der Waals surface area (Å²) in [7, 11) is 0. The van der Waals surface area contributed by atoms with E-state index in [0.29, 0.717) is 28.1 Å². The number of nitrogens with zero attached hydrogens (tertiary/aromatic N) is 3. The van der Waals surface area contributed by atoms with Crippen LogP contribution in [0.2, 0.25) is 5.02 Å². The van der Waals surface area contributed by atoms with Crippen molar-refractivity contribution in [3.8, 4) is 0 Å². The summed E-state index contributed by atoms with van der Waals surface area (Å²) in [6.45, 7) is 10.0. The minimum atomic E-state index is -0.414. The maximum atomic E-state index is 12.6. The fourth-order valence-electron chi connectivity index (χ4n) is 3.38. The third kappa shape index (κ3) is 6.69. The molecule has 1 aromatic heterocycles. The molecule has 0 aliphatic carbocycles. The fraction of sp³-hybridized carbons (Fsp3) is 0.250. The molecule has 0 saturated carbocycles. The van der Waals surface area contributed by atoms with Crippen molar-refractivity contribution in [3.63, 3.8) is 0 Å². The SMILES string of the molecule is C=CCn1c(SCC(=O)Nc2cc(C)cc(C)c2)nnc1C(C)NC(=O)c1cccc(Cl)c1. The highest BCUT2D eigenvalue weighted by Crippen LogP contribution is 2.22. The number of anilines is 1. The summed E-state index contributed by atoms with van der Waals surface area (Å²) in [5, 5.41) is 15.4. The maximum Gasteiger partial charge on any atom is 0.251 e. The van der Waals surface area contributed by atoms with E-state index in [2.05, 4.69) is 33.5 Å². The second-order valence-corrected chi connectivity index (χ2v) is 9.04. The Morgan fingerprint density at radius 2 is 1.91 bits per heavy atom. The normalized spacial score (nSPS) is 11.6. The number of thioether (sulfide) groups is 1. The van der Waals surface area contributed by atoms with Crippen LogP contribution in [-0.2, 0) is 11.3 Å². The lowest BCUT2D eigenvalue weighted by Gasteiger charge is -2.15. The van der Waals surface area contributed by atoms with E-state index in [0.717, 1.165) is 16.8 Å². The molecule has 1 heterocycles. The molecule has 9 heteroatoms. The van der Waals surface area contributed by atoms with Crippen LogP contribution >= 0.6 is 23.4 Å². The zero-order chi connectivity index (χ0) is 24.0. The van der Waals surface area contributed by atoms with Gasteiger partial charge in [0.2, 0.25) is 5.91 Å². The monoisotopic (exact) mass is 483 g/mol. The molecule has 0 saturated heterocycles. The molecule has 33 heavy (non-hydrogen) atoms. The van der Waals surface area contributed by atoms with Gasteiger partial charge in [0.05, 0.1) is 11.8 Å². The Morgan fingerprint density at radius 3 is 2.58 bits per heavy atom. The van der Waals surface area contributed by atoms with E-state index in [-0.39, 0.29) is 17.6 Å². The molecule has 172 valence electrons. The van der Waals surface area contributed by atoms with Crippen LogP contribution < -0.4 is 10.6 Å². The van der Waals surface area contributed by atoms with Gasteiger partial charge in [-0.1, -0.05) is 41.6 Å². The van der Waals surface area contributed by atoms with Gasteiger partial charge in [-0.05, 0) is 62.2 Å². The zero-order valence-corrected chi connectivity index (χ0v) is 20.3. The second-order valence-electron chi connectivity index (χ2n) is 7.66. The summed E-state index contributed by atoms with van der Waals surface area (Å²) in [6.07, 6.45) is 1.72. The standard InChI is InChI=1S/C24H26ClN5O2S/c1-5-9-30-22(17(4)26-23(32)18-7-6-8-19(25)13-18)28-29-24(30)33-14-21(31)27-20-11-15(2)10-16(3)12-20/h5-8,10-13,17H,1,9,14H2,2-4H3,(H,26,32)(H,27,31). The van der Waals surface area contributed by atoms with E-state index in [1.165, 1.54) is 11.8 Å². The predicted octanol–water partition coefficient (Wildman–Crippen LogP) is 4.96. The van der Waals surface area contributed by atoms with Gasteiger partial charge < -0.3 is 15.2 Å². The van der Waals surface area contributed by atoms with Crippen molar-refractivity contribution in [3.05, 3.63) is 82.7 Å². The van der Waals surface area contributed by atoms with Gasteiger partial charge in [-0.2, -0.15) is 0 Å². The maximum absolute atomic E-state index is 12.6. The summed E-state index contributed by atoms with van der Waals surface area (Å²) in [5.74, 6) is 0.343. The number of carbonyl (C=O) groups excluding carboxylic acids is 2. The van der Waals surface area contributed by atoms with Crippen molar-refractivity contribution in [1.29, 1.82) is 0 Å². The van der Waals surface area contributed by atoms with Crippen molar-refractivity contribution in [2.24, 2.45) is 0 Å². The number of amides is 2. The highest BCUT2D eigenvalue weighted by Gasteiger charge is 2.20. The molecule has 3 rings (SSSR count). The van der Waals surface area contributed by atoms with Crippen LogP contribution in [0.1, 0.15) is 40.3 Å². The van der Waals surface area contributed by atoms with E-state index in [1.807, 2.05) is 37.5 Å². The molecule has 2 aromatic carbocycles. The van der Waals surface area contributed by atoms with Crippen molar-refractivity contribution in [2.75, 3.05) is 11.1 Å². The summed E-state index contributed by atoms with van der Waals surface area (Å²) >= 11 is 7.26. The highest BCUT2D eigenvalue weighted by atomic mass is 35.5. The molecule has 1 unspecified atom stereocenters. The van der Waals surface area contributed by atoms with E-state index in [9.17, 15) is 9.59 Å². The number of benzene rings is 2. The third-order valence-corrected chi connectivity index (χ3v) is 5.92. The lowest BCUT2D eigenvalue weighted by atomic mass is 10.1. The number of carbonyl (C=O) groups is 2. The minimum absolute atomic E-state index is 0.137. The average Bonchev–Trinajstić information content (AvgIpc) is 3.14. The quantitative estimate of drug-likeness (QED) is 0.332. The van der Waals surface area contributed by atoms with Crippen molar-refractivity contribution >= 4 is 40.9 Å². The first-order chi connectivity index (χ1) is 15.8. The predicted molar refractivity (Wildman–Crippen MR) is 133 cm³/mol.